The third-order valence-electron chi connectivity index (χ3n) is 4.26. The highest BCUT2D eigenvalue weighted by Gasteiger charge is 2.48. The number of thioether (sulfide) groups is 2. The molecule has 7 nitrogen and oxygen atoms in total. The van der Waals surface area contributed by atoms with Crippen LogP contribution in [-0.2, 0) is 35.2 Å². The minimum Gasteiger partial charge on any atom is -0.469 e. The Kier molecular flexibility index (Phi) is 8.78. The standard InChI is InChI=1S/C20H23NO6S2/c1-25-16(22)11-15(12-17(23)26-2)20(9-10-28-3)18(24)29-19(21-20)27-13-14-7-5-4-6-8-14/h4-8,11H,9-10,12-13H2,1-3H3/b15-11+/t20-/m0/s1. The first-order valence-corrected chi connectivity index (χ1v) is 11.0. The van der Waals surface area contributed by atoms with E-state index in [0.717, 1.165) is 23.4 Å². The van der Waals surface area contributed by atoms with Crippen molar-refractivity contribution in [3.8, 4) is 0 Å². The fraction of sp³-hybridized carbons (Fsp3) is 0.400. The lowest BCUT2D eigenvalue weighted by molar-refractivity contribution is -0.139. The lowest BCUT2D eigenvalue weighted by Gasteiger charge is -2.25. The molecule has 0 saturated carbocycles. The van der Waals surface area contributed by atoms with Crippen LogP contribution in [0.4, 0.5) is 0 Å². The number of hydrogen-bond acceptors (Lipinski definition) is 9. The lowest BCUT2D eigenvalue weighted by Crippen LogP contribution is -2.37. The Labute approximate surface area is 178 Å². The van der Waals surface area contributed by atoms with E-state index in [1.165, 1.54) is 26.0 Å². The van der Waals surface area contributed by atoms with Gasteiger partial charge < -0.3 is 14.2 Å². The minimum atomic E-state index is -1.37. The summed E-state index contributed by atoms with van der Waals surface area (Å²) in [5, 5.41) is -0.0887. The number of nitrogens with zero attached hydrogens (tertiary/aromatic N) is 1. The molecule has 0 unspecified atom stereocenters. The number of ether oxygens (including phenoxy) is 3. The van der Waals surface area contributed by atoms with Crippen molar-refractivity contribution in [2.75, 3.05) is 26.2 Å². The molecule has 0 radical (unpaired) electrons. The van der Waals surface area contributed by atoms with Gasteiger partial charge in [0.15, 0.2) is 5.54 Å². The molecule has 9 heteroatoms. The van der Waals surface area contributed by atoms with Gasteiger partial charge in [0.05, 0.1) is 20.6 Å². The molecule has 1 atom stereocenters. The van der Waals surface area contributed by atoms with Crippen LogP contribution >= 0.6 is 23.5 Å². The highest BCUT2D eigenvalue weighted by Crippen LogP contribution is 2.41. The zero-order valence-electron chi connectivity index (χ0n) is 16.5. The van der Waals surface area contributed by atoms with Gasteiger partial charge in [-0.1, -0.05) is 30.3 Å². The van der Waals surface area contributed by atoms with Crippen LogP contribution in [0.3, 0.4) is 0 Å². The van der Waals surface area contributed by atoms with Crippen LogP contribution in [0.2, 0.25) is 0 Å². The van der Waals surface area contributed by atoms with Gasteiger partial charge in [0.25, 0.3) is 5.23 Å². The SMILES string of the molecule is COC(=O)/C=C(\CC(=O)OC)[C@]1(CCSC)N=C(OCc2ccccc2)SC1=O. The number of benzene rings is 1. The summed E-state index contributed by atoms with van der Waals surface area (Å²) in [5.74, 6) is -0.643. The Morgan fingerprint density at radius 2 is 1.93 bits per heavy atom. The second-order valence-corrected chi connectivity index (χ2v) is 8.00. The zero-order chi connectivity index (χ0) is 21.3. The fourth-order valence-corrected chi connectivity index (χ4v) is 4.11. The zero-order valence-corrected chi connectivity index (χ0v) is 18.1. The number of rotatable bonds is 9. The van der Waals surface area contributed by atoms with Gasteiger partial charge in [-0.15, -0.1) is 0 Å². The molecule has 0 bridgehead atoms. The summed E-state index contributed by atoms with van der Waals surface area (Å²) in [4.78, 5) is 41.4. The number of aliphatic imine (C=N–C) groups is 1. The van der Waals surface area contributed by atoms with Crippen molar-refractivity contribution >= 4 is 45.8 Å². The van der Waals surface area contributed by atoms with E-state index in [2.05, 4.69) is 4.99 Å². The number of hydrogen-bond donors (Lipinski definition) is 0. The molecule has 0 amide bonds. The maximum atomic E-state index is 13.0. The maximum Gasteiger partial charge on any atom is 0.330 e. The van der Waals surface area contributed by atoms with Crippen LogP contribution in [0.5, 0.6) is 0 Å². The molecule has 29 heavy (non-hydrogen) atoms. The van der Waals surface area contributed by atoms with Gasteiger partial charge in [0.2, 0.25) is 5.12 Å². The van der Waals surface area contributed by atoms with Gasteiger partial charge in [-0.2, -0.15) is 11.8 Å². The Hall–Kier alpha value is -2.26. The van der Waals surface area contributed by atoms with E-state index >= 15 is 0 Å². The smallest absolute Gasteiger partial charge is 0.330 e. The molecule has 1 aromatic carbocycles. The minimum absolute atomic E-state index is 0.209. The molecule has 0 saturated heterocycles. The van der Waals surface area contributed by atoms with Crippen LogP contribution in [-0.4, -0.2) is 54.1 Å². The summed E-state index contributed by atoms with van der Waals surface area (Å²) in [6.07, 6.45) is 3.12. The first-order valence-electron chi connectivity index (χ1n) is 8.78. The summed E-state index contributed by atoms with van der Waals surface area (Å²) in [7, 11) is 2.47. The van der Waals surface area contributed by atoms with E-state index in [-0.39, 0.29) is 28.9 Å². The van der Waals surface area contributed by atoms with E-state index in [1.807, 2.05) is 36.6 Å². The highest BCUT2D eigenvalue weighted by atomic mass is 32.2. The second-order valence-electron chi connectivity index (χ2n) is 6.09. The maximum absolute atomic E-state index is 13.0. The molecule has 2 rings (SSSR count). The first kappa shape index (κ1) is 23.0. The average Bonchev–Trinajstić information content (AvgIpc) is 3.07. The van der Waals surface area contributed by atoms with Gasteiger partial charge in [-0.05, 0) is 29.6 Å². The van der Waals surface area contributed by atoms with Crippen molar-refractivity contribution in [2.24, 2.45) is 4.99 Å². The number of esters is 2. The van der Waals surface area contributed by atoms with Gasteiger partial charge in [-0.25, -0.2) is 9.79 Å². The third-order valence-corrected chi connectivity index (χ3v) is 5.78. The molecular weight excluding hydrogens is 414 g/mol. The molecule has 0 spiro atoms. The van der Waals surface area contributed by atoms with Crippen LogP contribution in [0.25, 0.3) is 0 Å². The first-order chi connectivity index (χ1) is 13.9. The van der Waals surface area contributed by atoms with Gasteiger partial charge in [0, 0.05) is 17.8 Å². The number of methoxy groups -OCH3 is 2. The van der Waals surface area contributed by atoms with Crippen molar-refractivity contribution < 1.29 is 28.6 Å². The molecule has 1 heterocycles. The van der Waals surface area contributed by atoms with E-state index < -0.39 is 17.5 Å². The van der Waals surface area contributed by atoms with Crippen LogP contribution < -0.4 is 0 Å². The quantitative estimate of drug-likeness (QED) is 0.430. The predicted molar refractivity (Wildman–Crippen MR) is 114 cm³/mol. The molecule has 1 aromatic rings. The second kappa shape index (κ2) is 11.1. The van der Waals surface area contributed by atoms with Crippen molar-refractivity contribution in [3.05, 3.63) is 47.5 Å². The summed E-state index contributed by atoms with van der Waals surface area (Å²) >= 11 is 2.41. The molecule has 0 N–H and O–H groups in total. The van der Waals surface area contributed by atoms with Gasteiger partial charge in [0.1, 0.15) is 6.61 Å². The summed E-state index contributed by atoms with van der Waals surface area (Å²) < 4.78 is 15.2. The topological polar surface area (TPSA) is 91.3 Å². The van der Waals surface area contributed by atoms with Gasteiger partial charge >= 0.3 is 11.9 Å². The number of carbonyl (C=O) groups is 3. The molecule has 0 fully saturated rings. The van der Waals surface area contributed by atoms with Crippen LogP contribution in [0.1, 0.15) is 18.4 Å². The van der Waals surface area contributed by atoms with Crippen molar-refractivity contribution in [2.45, 2.75) is 25.0 Å². The van der Waals surface area contributed by atoms with E-state index in [9.17, 15) is 14.4 Å². The summed E-state index contributed by atoms with van der Waals surface area (Å²) in [5.41, 5.74) is -0.201. The molecular formula is C20H23NO6S2. The third kappa shape index (κ3) is 6.11. The van der Waals surface area contributed by atoms with Crippen molar-refractivity contribution in [3.63, 3.8) is 0 Å². The van der Waals surface area contributed by atoms with Crippen LogP contribution in [0.15, 0.2) is 47.0 Å². The normalized spacial score (nSPS) is 18.9. The summed E-state index contributed by atoms with van der Waals surface area (Å²) in [6, 6.07) is 9.50. The summed E-state index contributed by atoms with van der Waals surface area (Å²) in [6.45, 7) is 0.256. The van der Waals surface area contributed by atoms with E-state index in [0.29, 0.717) is 12.2 Å². The predicted octanol–water partition coefficient (Wildman–Crippen LogP) is 2.99. The van der Waals surface area contributed by atoms with Gasteiger partial charge in [-0.3, -0.25) is 9.59 Å². The highest BCUT2D eigenvalue weighted by molar-refractivity contribution is 8.26. The molecule has 156 valence electrons. The van der Waals surface area contributed by atoms with E-state index in [1.54, 1.807) is 0 Å². The van der Waals surface area contributed by atoms with Crippen molar-refractivity contribution in [1.29, 1.82) is 0 Å². The Morgan fingerprint density at radius 1 is 1.21 bits per heavy atom. The Bertz CT molecular complexity index is 808. The molecule has 0 aliphatic carbocycles. The Morgan fingerprint density at radius 3 is 2.55 bits per heavy atom. The largest absolute Gasteiger partial charge is 0.469 e. The molecule has 0 aromatic heterocycles. The van der Waals surface area contributed by atoms with E-state index in [4.69, 9.17) is 14.2 Å². The monoisotopic (exact) mass is 437 g/mol. The fourth-order valence-electron chi connectivity index (χ4n) is 2.69. The van der Waals surface area contributed by atoms with Crippen molar-refractivity contribution in [1.82, 2.24) is 0 Å². The number of carbonyl (C=O) groups excluding carboxylic acids is 3. The molecule has 1 aliphatic heterocycles. The lowest BCUT2D eigenvalue weighted by atomic mass is 9.86. The van der Waals surface area contributed by atoms with Crippen LogP contribution in [0, 0.1) is 0 Å². The molecule has 1 aliphatic rings. The average molecular weight is 438 g/mol. The Balaban J connectivity index is 2.37.